The van der Waals surface area contributed by atoms with Gasteiger partial charge in [-0.3, -0.25) is 14.9 Å². The zero-order valence-electron chi connectivity index (χ0n) is 13.7. The van der Waals surface area contributed by atoms with Crippen molar-refractivity contribution in [3.8, 4) is 0 Å². The minimum atomic E-state index is -0.373. The molecule has 1 aromatic carbocycles. The number of amides is 1. The average molecular weight is 357 g/mol. The maximum Gasteiger partial charge on any atom is 0.265 e. The third-order valence-electron chi connectivity index (χ3n) is 4.70. The van der Waals surface area contributed by atoms with Gasteiger partial charge in [-0.05, 0) is 43.9 Å². The first kappa shape index (κ1) is 17.6. The van der Waals surface area contributed by atoms with Crippen LogP contribution in [0.25, 0.3) is 0 Å². The molecule has 7 heteroatoms. The fourth-order valence-corrected chi connectivity index (χ4v) is 3.59. The lowest BCUT2D eigenvalue weighted by molar-refractivity contribution is -0.160. The summed E-state index contributed by atoms with van der Waals surface area (Å²) in [5.41, 5.74) is 0.554. The number of halogens is 2. The van der Waals surface area contributed by atoms with Gasteiger partial charge in [-0.1, -0.05) is 17.7 Å². The second-order valence-electron chi connectivity index (χ2n) is 6.33. The van der Waals surface area contributed by atoms with Gasteiger partial charge in [-0.2, -0.15) is 0 Å². The first-order valence-electron chi connectivity index (χ1n) is 8.27. The number of benzene rings is 1. The number of likely N-dealkylation sites (N-methyl/N-ethyl adjacent to an activating group) is 1. The van der Waals surface area contributed by atoms with Crippen LogP contribution in [-0.4, -0.2) is 48.9 Å². The molecule has 0 bridgehead atoms. The second-order valence-corrected chi connectivity index (χ2v) is 6.74. The van der Waals surface area contributed by atoms with Crippen molar-refractivity contribution in [1.82, 2.24) is 10.4 Å². The van der Waals surface area contributed by atoms with Crippen LogP contribution >= 0.6 is 11.6 Å². The van der Waals surface area contributed by atoms with Crippen molar-refractivity contribution in [2.24, 2.45) is 0 Å². The molecule has 132 valence electrons. The average Bonchev–Trinajstić information content (AvgIpc) is 2.91. The van der Waals surface area contributed by atoms with Gasteiger partial charge >= 0.3 is 0 Å². The molecule has 1 unspecified atom stereocenters. The molecule has 2 aliphatic rings. The van der Waals surface area contributed by atoms with Crippen LogP contribution in [0.3, 0.4) is 0 Å². The van der Waals surface area contributed by atoms with E-state index in [1.54, 1.807) is 6.07 Å². The van der Waals surface area contributed by atoms with Crippen molar-refractivity contribution < 1.29 is 18.8 Å². The van der Waals surface area contributed by atoms with Crippen LogP contribution in [0.5, 0.6) is 0 Å². The third kappa shape index (κ3) is 3.72. The molecule has 3 rings (SSSR count). The van der Waals surface area contributed by atoms with Gasteiger partial charge in [0.05, 0.1) is 6.61 Å². The number of hydroxylamine groups is 2. The third-order valence-corrected chi connectivity index (χ3v) is 5.05. The van der Waals surface area contributed by atoms with Crippen LogP contribution in [0.4, 0.5) is 4.39 Å². The highest BCUT2D eigenvalue weighted by Gasteiger charge is 2.41. The Balaban J connectivity index is 1.79. The van der Waals surface area contributed by atoms with Crippen molar-refractivity contribution in [2.45, 2.75) is 37.8 Å². The van der Waals surface area contributed by atoms with E-state index in [9.17, 15) is 9.18 Å². The Morgan fingerprint density at radius 2 is 2.17 bits per heavy atom. The summed E-state index contributed by atoms with van der Waals surface area (Å²) in [4.78, 5) is 17.8. The topological polar surface area (TPSA) is 50.8 Å². The fraction of sp³-hybridized carbons (Fsp3) is 0.588. The molecule has 24 heavy (non-hydrogen) atoms. The highest BCUT2D eigenvalue weighted by molar-refractivity contribution is 6.31. The lowest BCUT2D eigenvalue weighted by atomic mass is 9.83. The molecule has 1 amide bonds. The molecule has 0 saturated carbocycles. The van der Waals surface area contributed by atoms with Crippen LogP contribution in [0, 0.1) is 5.82 Å². The van der Waals surface area contributed by atoms with E-state index in [2.05, 4.69) is 5.32 Å². The Morgan fingerprint density at radius 1 is 1.42 bits per heavy atom. The Bertz CT molecular complexity index is 607. The highest BCUT2D eigenvalue weighted by atomic mass is 35.5. The number of hydrogen-bond donors (Lipinski definition) is 1. The number of nitrogens with zero attached hydrogens (tertiary/aromatic N) is 1. The van der Waals surface area contributed by atoms with Crippen molar-refractivity contribution in [1.29, 1.82) is 0 Å². The molecular formula is C17H22ClFN2O3. The summed E-state index contributed by atoms with van der Waals surface area (Å²) < 4.78 is 18.8. The predicted octanol–water partition coefficient (Wildman–Crippen LogP) is 2.32. The lowest BCUT2D eigenvalue weighted by Crippen LogP contribution is -2.57. The first-order valence-corrected chi connectivity index (χ1v) is 8.64. The standard InChI is InChI=1S/C17H22ClFN2O3/c1-2-21-16(22)15(11-24-21)20-17(5-7-23-8-6-17)10-12-3-4-13(19)9-14(12)18/h3-4,9,15,20H,2,5-8,10-11H2,1H3. The van der Waals surface area contributed by atoms with E-state index in [1.807, 2.05) is 6.92 Å². The van der Waals surface area contributed by atoms with Gasteiger partial charge in [-0.15, -0.1) is 0 Å². The van der Waals surface area contributed by atoms with E-state index in [1.165, 1.54) is 17.2 Å². The molecule has 0 radical (unpaired) electrons. The van der Waals surface area contributed by atoms with Gasteiger partial charge in [0, 0.05) is 30.3 Å². The zero-order chi connectivity index (χ0) is 17.2. The summed E-state index contributed by atoms with van der Waals surface area (Å²) in [7, 11) is 0. The maximum atomic E-state index is 13.3. The van der Waals surface area contributed by atoms with Gasteiger partial charge in [-0.25, -0.2) is 9.45 Å². The Kier molecular flexibility index (Phi) is 5.39. The molecule has 2 fully saturated rings. The molecule has 1 N–H and O–H groups in total. The van der Waals surface area contributed by atoms with Crippen LogP contribution in [0.15, 0.2) is 18.2 Å². The Labute approximate surface area is 146 Å². The van der Waals surface area contributed by atoms with Crippen LogP contribution < -0.4 is 5.32 Å². The van der Waals surface area contributed by atoms with Gasteiger partial charge in [0.1, 0.15) is 11.9 Å². The Hall–Kier alpha value is -1.21. The SMILES string of the molecule is CCN1OCC(NC2(Cc3ccc(F)cc3Cl)CCOCC2)C1=O. The molecule has 0 spiro atoms. The molecule has 2 aliphatic heterocycles. The number of nitrogens with one attached hydrogen (secondary N) is 1. The molecule has 1 atom stereocenters. The largest absolute Gasteiger partial charge is 0.381 e. The van der Waals surface area contributed by atoms with Crippen LogP contribution in [-0.2, 0) is 20.8 Å². The summed E-state index contributed by atoms with van der Waals surface area (Å²) in [6.07, 6.45) is 2.14. The van der Waals surface area contributed by atoms with Crippen molar-refractivity contribution in [3.05, 3.63) is 34.6 Å². The van der Waals surface area contributed by atoms with Gasteiger partial charge < -0.3 is 4.74 Å². The van der Waals surface area contributed by atoms with E-state index in [4.69, 9.17) is 21.2 Å². The molecule has 1 aromatic rings. The van der Waals surface area contributed by atoms with Crippen LogP contribution in [0.1, 0.15) is 25.3 Å². The van der Waals surface area contributed by atoms with E-state index in [-0.39, 0.29) is 23.3 Å². The normalized spacial score (nSPS) is 23.7. The molecule has 2 heterocycles. The lowest BCUT2D eigenvalue weighted by Gasteiger charge is -2.40. The van der Waals surface area contributed by atoms with Crippen molar-refractivity contribution >= 4 is 17.5 Å². The fourth-order valence-electron chi connectivity index (χ4n) is 3.36. The number of hydrogen-bond acceptors (Lipinski definition) is 4. The summed E-state index contributed by atoms with van der Waals surface area (Å²) in [6, 6.07) is 4.08. The quantitative estimate of drug-likeness (QED) is 0.879. The smallest absolute Gasteiger partial charge is 0.265 e. The van der Waals surface area contributed by atoms with Gasteiger partial charge in [0.15, 0.2) is 0 Å². The second kappa shape index (κ2) is 7.35. The van der Waals surface area contributed by atoms with E-state index < -0.39 is 0 Å². The minimum absolute atomic E-state index is 0.0476. The number of rotatable bonds is 5. The molecule has 0 aliphatic carbocycles. The summed E-state index contributed by atoms with van der Waals surface area (Å²) in [5, 5.41) is 5.28. The van der Waals surface area contributed by atoms with E-state index >= 15 is 0 Å². The molecular weight excluding hydrogens is 335 g/mol. The number of ether oxygens (including phenoxy) is 1. The monoisotopic (exact) mass is 356 g/mol. The zero-order valence-corrected chi connectivity index (χ0v) is 14.4. The number of carbonyl (C=O) groups is 1. The minimum Gasteiger partial charge on any atom is -0.381 e. The summed E-state index contributed by atoms with van der Waals surface area (Å²) in [5.74, 6) is -0.399. The predicted molar refractivity (Wildman–Crippen MR) is 88.2 cm³/mol. The summed E-state index contributed by atoms with van der Waals surface area (Å²) in [6.45, 7) is 3.96. The van der Waals surface area contributed by atoms with Crippen molar-refractivity contribution in [2.75, 3.05) is 26.4 Å². The Morgan fingerprint density at radius 3 is 2.79 bits per heavy atom. The number of carbonyl (C=O) groups excluding carboxylic acids is 1. The van der Waals surface area contributed by atoms with Gasteiger partial charge in [0.25, 0.3) is 5.91 Å². The maximum absolute atomic E-state index is 13.3. The molecule has 5 nitrogen and oxygen atoms in total. The summed E-state index contributed by atoms with van der Waals surface area (Å²) >= 11 is 6.20. The highest BCUT2D eigenvalue weighted by Crippen LogP contribution is 2.30. The van der Waals surface area contributed by atoms with E-state index in [0.717, 1.165) is 18.4 Å². The van der Waals surface area contributed by atoms with Crippen molar-refractivity contribution in [3.63, 3.8) is 0 Å². The molecule has 0 aromatic heterocycles. The van der Waals surface area contributed by atoms with Crippen LogP contribution in [0.2, 0.25) is 5.02 Å². The van der Waals surface area contributed by atoms with Gasteiger partial charge in [0.2, 0.25) is 0 Å². The molecule has 2 saturated heterocycles. The van der Waals surface area contributed by atoms with E-state index in [0.29, 0.717) is 37.8 Å². The first-order chi connectivity index (χ1) is 11.5.